The van der Waals surface area contributed by atoms with Crippen molar-refractivity contribution in [1.29, 1.82) is 0 Å². The maximum Gasteiger partial charge on any atom is 0.123 e. The molecule has 0 radical (unpaired) electrons. The first-order chi connectivity index (χ1) is 7.18. The van der Waals surface area contributed by atoms with Crippen LogP contribution in [0.15, 0.2) is 30.4 Å². The lowest BCUT2D eigenvalue weighted by atomic mass is 9.90. The molecule has 0 saturated heterocycles. The fourth-order valence-corrected chi connectivity index (χ4v) is 1.87. The van der Waals surface area contributed by atoms with E-state index in [2.05, 4.69) is 43.1 Å². The summed E-state index contributed by atoms with van der Waals surface area (Å²) >= 11 is 0. The van der Waals surface area contributed by atoms with Crippen LogP contribution in [0.5, 0.6) is 0 Å². The Morgan fingerprint density at radius 1 is 1.33 bits per heavy atom. The summed E-state index contributed by atoms with van der Waals surface area (Å²) in [5.74, 6) is 1.13. The molecule has 1 aromatic heterocycles. The molecule has 0 aliphatic heterocycles. The van der Waals surface area contributed by atoms with Crippen LogP contribution in [0.25, 0.3) is 5.70 Å². The Balaban J connectivity index is 2.33. The van der Waals surface area contributed by atoms with Gasteiger partial charge in [0.05, 0.1) is 0 Å². The van der Waals surface area contributed by atoms with E-state index in [1.54, 1.807) is 12.7 Å². The molecule has 1 aromatic rings. The second kappa shape index (κ2) is 4.01. The predicted octanol–water partition coefficient (Wildman–Crippen LogP) is 2.74. The smallest absolute Gasteiger partial charge is 0.123 e. The highest BCUT2D eigenvalue weighted by Gasteiger charge is 2.16. The topological polar surface area (TPSA) is 30.7 Å². The van der Waals surface area contributed by atoms with Crippen molar-refractivity contribution < 1.29 is 0 Å². The molecule has 3 heteroatoms. The fraction of sp³-hybridized carbons (Fsp3) is 0.500. The Hall–Kier alpha value is -1.38. The molecule has 1 aliphatic rings. The summed E-state index contributed by atoms with van der Waals surface area (Å²) in [6, 6.07) is 0. The Morgan fingerprint density at radius 2 is 2.00 bits per heavy atom. The van der Waals surface area contributed by atoms with Crippen molar-refractivity contribution >= 4 is 5.70 Å². The normalized spacial score (nSPS) is 21.5. The Bertz CT molecular complexity index is 385. The van der Waals surface area contributed by atoms with Crippen LogP contribution in [0.4, 0.5) is 0 Å². The zero-order valence-electron chi connectivity index (χ0n) is 9.51. The fourth-order valence-electron chi connectivity index (χ4n) is 1.87. The Labute approximate surface area is 90.5 Å². The van der Waals surface area contributed by atoms with Crippen molar-refractivity contribution in [2.75, 3.05) is 0 Å². The molecule has 0 saturated carbocycles. The summed E-state index contributed by atoms with van der Waals surface area (Å²) in [6.45, 7) is 6.68. The maximum atomic E-state index is 3.85. The van der Waals surface area contributed by atoms with Gasteiger partial charge in [0.2, 0.25) is 0 Å². The lowest BCUT2D eigenvalue weighted by Gasteiger charge is -2.22. The highest BCUT2D eigenvalue weighted by molar-refractivity contribution is 5.55. The van der Waals surface area contributed by atoms with Gasteiger partial charge >= 0.3 is 0 Å². The van der Waals surface area contributed by atoms with Crippen molar-refractivity contribution in [2.24, 2.45) is 11.8 Å². The van der Waals surface area contributed by atoms with E-state index in [0.29, 0.717) is 11.8 Å². The maximum absolute atomic E-state index is 3.85. The number of allylic oxidation sites excluding steroid dienone is 4. The highest BCUT2D eigenvalue weighted by atomic mass is 15.2. The molecule has 1 heterocycles. The second-order valence-electron chi connectivity index (χ2n) is 4.43. The van der Waals surface area contributed by atoms with Crippen LogP contribution in [0, 0.1) is 11.8 Å². The van der Waals surface area contributed by atoms with E-state index in [9.17, 15) is 0 Å². The average molecular weight is 203 g/mol. The average Bonchev–Trinajstić information content (AvgIpc) is 2.71. The first-order valence-corrected chi connectivity index (χ1v) is 5.45. The highest BCUT2D eigenvalue weighted by Crippen LogP contribution is 2.29. The number of rotatable bonds is 2. The molecule has 1 aliphatic carbocycles. The van der Waals surface area contributed by atoms with Crippen LogP contribution < -0.4 is 0 Å². The van der Waals surface area contributed by atoms with E-state index >= 15 is 0 Å². The van der Waals surface area contributed by atoms with Gasteiger partial charge in [0.1, 0.15) is 12.7 Å². The lowest BCUT2D eigenvalue weighted by Crippen LogP contribution is -2.10. The van der Waals surface area contributed by atoms with E-state index in [1.807, 2.05) is 4.57 Å². The molecule has 0 aromatic carbocycles. The lowest BCUT2D eigenvalue weighted by molar-refractivity contribution is 0.682. The summed E-state index contributed by atoms with van der Waals surface area (Å²) < 4.78 is 2.01. The largest absolute Gasteiger partial charge is 0.292 e. The third-order valence-corrected chi connectivity index (χ3v) is 2.91. The van der Waals surface area contributed by atoms with Gasteiger partial charge in [0, 0.05) is 11.6 Å². The van der Waals surface area contributed by atoms with Crippen LogP contribution >= 0.6 is 0 Å². The van der Waals surface area contributed by atoms with Crippen molar-refractivity contribution in [2.45, 2.75) is 27.2 Å². The minimum absolute atomic E-state index is 0.545. The van der Waals surface area contributed by atoms with E-state index in [1.165, 1.54) is 11.3 Å². The van der Waals surface area contributed by atoms with Gasteiger partial charge in [-0.25, -0.2) is 0 Å². The summed E-state index contributed by atoms with van der Waals surface area (Å²) in [5.41, 5.74) is 2.71. The zero-order chi connectivity index (χ0) is 10.8. The van der Waals surface area contributed by atoms with Gasteiger partial charge in [-0.1, -0.05) is 26.8 Å². The van der Waals surface area contributed by atoms with Crippen molar-refractivity contribution in [1.82, 2.24) is 14.8 Å². The van der Waals surface area contributed by atoms with E-state index in [4.69, 9.17) is 0 Å². The molecular weight excluding hydrogens is 186 g/mol. The second-order valence-corrected chi connectivity index (χ2v) is 4.43. The molecule has 1 atom stereocenters. The van der Waals surface area contributed by atoms with Gasteiger partial charge in [-0.15, -0.1) is 10.2 Å². The minimum atomic E-state index is 0.545. The first kappa shape index (κ1) is 10.1. The van der Waals surface area contributed by atoms with Crippen LogP contribution in [0.3, 0.4) is 0 Å². The van der Waals surface area contributed by atoms with Crippen molar-refractivity contribution in [3.8, 4) is 0 Å². The van der Waals surface area contributed by atoms with Gasteiger partial charge in [-0.2, -0.15) is 0 Å². The Kier molecular flexibility index (Phi) is 2.71. The number of hydrogen-bond donors (Lipinski definition) is 0. The molecule has 0 fully saturated rings. The van der Waals surface area contributed by atoms with E-state index < -0.39 is 0 Å². The van der Waals surface area contributed by atoms with Crippen molar-refractivity contribution in [3.05, 3.63) is 30.4 Å². The van der Waals surface area contributed by atoms with Gasteiger partial charge in [-0.05, 0) is 24.0 Å². The molecule has 0 N–H and O–H groups in total. The number of hydrogen-bond acceptors (Lipinski definition) is 2. The summed E-state index contributed by atoms with van der Waals surface area (Å²) in [5, 5.41) is 7.71. The number of aromatic nitrogens is 3. The summed E-state index contributed by atoms with van der Waals surface area (Å²) in [7, 11) is 0. The van der Waals surface area contributed by atoms with Crippen LogP contribution in [0.1, 0.15) is 27.2 Å². The summed E-state index contributed by atoms with van der Waals surface area (Å²) in [4.78, 5) is 0. The molecule has 0 amide bonds. The Morgan fingerprint density at radius 3 is 2.60 bits per heavy atom. The zero-order valence-corrected chi connectivity index (χ0v) is 9.51. The third kappa shape index (κ3) is 2.01. The predicted molar refractivity (Wildman–Crippen MR) is 61.0 cm³/mol. The quantitative estimate of drug-likeness (QED) is 0.740. The van der Waals surface area contributed by atoms with Crippen LogP contribution in [0.2, 0.25) is 0 Å². The van der Waals surface area contributed by atoms with Crippen LogP contribution in [-0.4, -0.2) is 14.8 Å². The summed E-state index contributed by atoms with van der Waals surface area (Å²) in [6.07, 6.45) is 9.25. The minimum Gasteiger partial charge on any atom is -0.292 e. The standard InChI is InChI=1S/C12H17N3/c1-9(2)11-5-4-10(3)12(6-11)15-7-13-14-8-15/h5-10H,4H2,1-3H3. The van der Waals surface area contributed by atoms with E-state index in [-0.39, 0.29) is 0 Å². The van der Waals surface area contributed by atoms with Gasteiger partial charge in [-0.3, -0.25) is 4.57 Å². The number of nitrogens with zero attached hydrogens (tertiary/aromatic N) is 3. The van der Waals surface area contributed by atoms with Gasteiger partial charge in [0.15, 0.2) is 0 Å². The molecular formula is C12H17N3. The molecule has 1 unspecified atom stereocenters. The van der Waals surface area contributed by atoms with Gasteiger partial charge < -0.3 is 0 Å². The molecule has 80 valence electrons. The molecule has 0 bridgehead atoms. The molecule has 3 nitrogen and oxygen atoms in total. The SMILES string of the molecule is CC(C)C1=CCC(C)C(n2cnnc2)=C1. The monoisotopic (exact) mass is 203 g/mol. The van der Waals surface area contributed by atoms with E-state index in [0.717, 1.165) is 6.42 Å². The van der Waals surface area contributed by atoms with Crippen molar-refractivity contribution in [3.63, 3.8) is 0 Å². The molecule has 15 heavy (non-hydrogen) atoms. The molecule has 2 rings (SSSR count). The molecule has 0 spiro atoms. The van der Waals surface area contributed by atoms with Gasteiger partial charge in [0.25, 0.3) is 0 Å². The third-order valence-electron chi connectivity index (χ3n) is 2.91. The van der Waals surface area contributed by atoms with Crippen LogP contribution in [-0.2, 0) is 0 Å². The first-order valence-electron chi connectivity index (χ1n) is 5.45.